The lowest BCUT2D eigenvalue weighted by Crippen LogP contribution is -2.11. The number of methoxy groups -OCH3 is 1. The van der Waals surface area contributed by atoms with Crippen molar-refractivity contribution in [2.45, 2.75) is 52.6 Å². The van der Waals surface area contributed by atoms with Gasteiger partial charge in [0.15, 0.2) is 11.5 Å². The molecule has 0 N–H and O–H groups in total. The molecule has 26 heavy (non-hydrogen) atoms. The summed E-state index contributed by atoms with van der Waals surface area (Å²) in [6.45, 7) is 8.50. The molecule has 0 aromatic heterocycles. The average Bonchev–Trinajstić information content (AvgIpc) is 2.67. The van der Waals surface area contributed by atoms with Crippen molar-refractivity contribution in [1.29, 1.82) is 0 Å². The lowest BCUT2D eigenvalue weighted by molar-refractivity contribution is 0.208. The van der Waals surface area contributed by atoms with Crippen LogP contribution in [0, 0.1) is 0 Å². The fraction of sp³-hybridized carbons (Fsp3) is 0.409. The third kappa shape index (κ3) is 5.25. The Morgan fingerprint density at radius 3 is 2.35 bits per heavy atom. The predicted octanol–water partition coefficient (Wildman–Crippen LogP) is 6.79. The maximum Gasteiger partial charge on any atom is 0.180 e. The van der Waals surface area contributed by atoms with Gasteiger partial charge in [-0.25, -0.2) is 0 Å². The lowest BCUT2D eigenvalue weighted by atomic mass is 9.99. The van der Waals surface area contributed by atoms with Gasteiger partial charge in [-0.1, -0.05) is 44.5 Å². The summed E-state index contributed by atoms with van der Waals surface area (Å²) in [4.78, 5) is 4.55. The van der Waals surface area contributed by atoms with E-state index in [9.17, 15) is 0 Å². The largest absolute Gasteiger partial charge is 0.493 e. The van der Waals surface area contributed by atoms with Crippen LogP contribution in [0.3, 0.4) is 0 Å². The zero-order valence-electron chi connectivity index (χ0n) is 16.3. The number of aliphatic imine (C=N–C) groups is 1. The van der Waals surface area contributed by atoms with Crippen molar-refractivity contribution in [3.63, 3.8) is 0 Å². The van der Waals surface area contributed by atoms with E-state index in [0.29, 0.717) is 22.4 Å². The van der Waals surface area contributed by atoms with Gasteiger partial charge in [-0.2, -0.15) is 0 Å². The van der Waals surface area contributed by atoms with Crippen LogP contribution in [0.5, 0.6) is 11.5 Å². The number of nitrogens with zero attached hydrogens (tertiary/aromatic N) is 1. The molecule has 0 fully saturated rings. The highest BCUT2D eigenvalue weighted by molar-refractivity contribution is 6.32. The minimum atomic E-state index is 0.0740. The molecule has 0 unspecified atom stereocenters. The Hall–Kier alpha value is -2.00. The molecule has 0 bridgehead atoms. The highest BCUT2D eigenvalue weighted by atomic mass is 35.5. The Kier molecular flexibility index (Phi) is 7.52. The molecule has 2 rings (SSSR count). The Bertz CT molecular complexity index is 741. The Labute approximate surface area is 162 Å². The number of ether oxygens (including phenoxy) is 2. The van der Waals surface area contributed by atoms with Crippen molar-refractivity contribution in [1.82, 2.24) is 0 Å². The van der Waals surface area contributed by atoms with E-state index in [1.807, 2.05) is 31.2 Å². The minimum absolute atomic E-state index is 0.0740. The molecule has 2 aromatic carbocycles. The van der Waals surface area contributed by atoms with Crippen LogP contribution in [-0.4, -0.2) is 19.4 Å². The smallest absolute Gasteiger partial charge is 0.180 e. The molecule has 0 aliphatic carbocycles. The minimum Gasteiger partial charge on any atom is -0.493 e. The Morgan fingerprint density at radius 2 is 1.77 bits per heavy atom. The monoisotopic (exact) mass is 373 g/mol. The van der Waals surface area contributed by atoms with Gasteiger partial charge >= 0.3 is 0 Å². The first kappa shape index (κ1) is 20.3. The molecule has 140 valence electrons. The molecule has 2 aromatic rings. The van der Waals surface area contributed by atoms with E-state index in [1.165, 1.54) is 5.56 Å². The fourth-order valence-corrected chi connectivity index (χ4v) is 2.75. The molecular weight excluding hydrogens is 346 g/mol. The van der Waals surface area contributed by atoms with Crippen molar-refractivity contribution in [2.75, 3.05) is 7.11 Å². The Balaban J connectivity index is 2.21. The molecule has 0 saturated heterocycles. The van der Waals surface area contributed by atoms with Crippen LogP contribution < -0.4 is 9.47 Å². The van der Waals surface area contributed by atoms with Gasteiger partial charge in [0.2, 0.25) is 0 Å². The van der Waals surface area contributed by atoms with Gasteiger partial charge in [0.25, 0.3) is 0 Å². The summed E-state index contributed by atoms with van der Waals surface area (Å²) < 4.78 is 11.3. The molecule has 2 atom stereocenters. The maximum absolute atomic E-state index is 6.40. The zero-order chi connectivity index (χ0) is 19.1. The quantitative estimate of drug-likeness (QED) is 0.477. The number of hydrogen-bond donors (Lipinski definition) is 0. The van der Waals surface area contributed by atoms with Crippen LogP contribution >= 0.6 is 11.6 Å². The van der Waals surface area contributed by atoms with Gasteiger partial charge in [0, 0.05) is 6.21 Å². The van der Waals surface area contributed by atoms with Crippen LogP contribution in [0.4, 0.5) is 5.69 Å². The highest BCUT2D eigenvalue weighted by Gasteiger charge is 2.14. The summed E-state index contributed by atoms with van der Waals surface area (Å²) in [6, 6.07) is 12.1. The van der Waals surface area contributed by atoms with Gasteiger partial charge in [-0.05, 0) is 61.1 Å². The summed E-state index contributed by atoms with van der Waals surface area (Å²) in [5, 5.41) is 0.526. The van der Waals surface area contributed by atoms with E-state index < -0.39 is 0 Å². The summed E-state index contributed by atoms with van der Waals surface area (Å²) >= 11 is 6.40. The zero-order valence-corrected chi connectivity index (χ0v) is 17.0. The molecule has 0 amide bonds. The van der Waals surface area contributed by atoms with E-state index in [4.69, 9.17) is 21.1 Å². The van der Waals surface area contributed by atoms with Gasteiger partial charge < -0.3 is 9.47 Å². The second-order valence-corrected chi connectivity index (χ2v) is 6.94. The van der Waals surface area contributed by atoms with E-state index in [2.05, 4.69) is 37.9 Å². The first-order valence-electron chi connectivity index (χ1n) is 9.16. The van der Waals surface area contributed by atoms with E-state index in [1.54, 1.807) is 13.3 Å². The van der Waals surface area contributed by atoms with Crippen LogP contribution in [0.1, 0.15) is 57.6 Å². The first-order chi connectivity index (χ1) is 12.5. The number of rotatable bonds is 8. The van der Waals surface area contributed by atoms with Gasteiger partial charge in [-0.15, -0.1) is 0 Å². The van der Waals surface area contributed by atoms with Crippen LogP contribution in [0.15, 0.2) is 41.4 Å². The summed E-state index contributed by atoms with van der Waals surface area (Å²) in [5.74, 6) is 1.76. The molecule has 0 heterocycles. The summed E-state index contributed by atoms with van der Waals surface area (Å²) in [7, 11) is 1.61. The van der Waals surface area contributed by atoms with E-state index >= 15 is 0 Å². The maximum atomic E-state index is 6.40. The predicted molar refractivity (Wildman–Crippen MR) is 111 cm³/mol. The fourth-order valence-electron chi connectivity index (χ4n) is 2.49. The molecule has 3 nitrogen and oxygen atoms in total. The average molecular weight is 374 g/mol. The molecule has 0 aliphatic rings. The SMILES string of the molecule is CC[C@@H](C)c1ccc(N=Cc2cc(Cl)c(O[C@@H](C)CC)c(OC)c2)cc1. The molecule has 0 aliphatic heterocycles. The normalized spacial score (nSPS) is 13.6. The number of hydrogen-bond acceptors (Lipinski definition) is 3. The lowest BCUT2D eigenvalue weighted by Gasteiger charge is -2.17. The number of halogens is 1. The summed E-state index contributed by atoms with van der Waals surface area (Å²) in [6.07, 6.45) is 3.89. The molecular formula is C22H28ClNO2. The molecule has 0 saturated carbocycles. The Morgan fingerprint density at radius 1 is 1.08 bits per heavy atom. The first-order valence-corrected chi connectivity index (χ1v) is 9.54. The molecule has 0 spiro atoms. The molecule has 4 heteroatoms. The van der Waals surface area contributed by atoms with Crippen molar-refractivity contribution >= 4 is 23.5 Å². The second kappa shape index (κ2) is 9.63. The van der Waals surface area contributed by atoms with Crippen molar-refractivity contribution in [3.8, 4) is 11.5 Å². The topological polar surface area (TPSA) is 30.8 Å². The number of benzene rings is 2. The van der Waals surface area contributed by atoms with Gasteiger partial charge in [-0.3, -0.25) is 4.99 Å². The van der Waals surface area contributed by atoms with Crippen LogP contribution in [0.2, 0.25) is 5.02 Å². The highest BCUT2D eigenvalue weighted by Crippen LogP contribution is 2.37. The van der Waals surface area contributed by atoms with Crippen molar-refractivity contribution < 1.29 is 9.47 Å². The third-order valence-corrected chi connectivity index (χ3v) is 4.86. The van der Waals surface area contributed by atoms with Gasteiger partial charge in [0.1, 0.15) is 0 Å². The third-order valence-electron chi connectivity index (χ3n) is 4.58. The van der Waals surface area contributed by atoms with Gasteiger partial charge in [0.05, 0.1) is 23.9 Å². The standard InChI is InChI=1S/C22H28ClNO2/c1-6-15(3)18-8-10-19(11-9-18)24-14-17-12-20(23)22(21(13-17)25-5)26-16(4)7-2/h8-16H,6-7H2,1-5H3/t15-,16+/m1/s1. The molecule has 0 radical (unpaired) electrons. The van der Waals surface area contributed by atoms with Crippen molar-refractivity contribution in [2.24, 2.45) is 4.99 Å². The van der Waals surface area contributed by atoms with Crippen molar-refractivity contribution in [3.05, 3.63) is 52.5 Å². The van der Waals surface area contributed by atoms with E-state index in [0.717, 1.165) is 24.1 Å². The van der Waals surface area contributed by atoms with Crippen LogP contribution in [0.25, 0.3) is 0 Å². The van der Waals surface area contributed by atoms with Crippen LogP contribution in [-0.2, 0) is 0 Å². The van der Waals surface area contributed by atoms with E-state index in [-0.39, 0.29) is 6.10 Å². The second-order valence-electron chi connectivity index (χ2n) is 6.53. The summed E-state index contributed by atoms with van der Waals surface area (Å²) in [5.41, 5.74) is 3.11.